The van der Waals surface area contributed by atoms with Crippen LogP contribution in [-0.4, -0.2) is 26.5 Å². The van der Waals surface area contributed by atoms with Crippen LogP contribution < -0.4 is 11.2 Å². The van der Waals surface area contributed by atoms with Crippen molar-refractivity contribution in [3.05, 3.63) is 58.9 Å². The van der Waals surface area contributed by atoms with Crippen LogP contribution in [0.4, 0.5) is 10.1 Å². The number of rotatable bonds is 5. The van der Waals surface area contributed by atoms with Gasteiger partial charge in [0.05, 0.1) is 11.4 Å². The van der Waals surface area contributed by atoms with Gasteiger partial charge < -0.3 is 11.2 Å². The number of hydrogen-bond acceptors (Lipinski definition) is 5. The lowest BCUT2D eigenvalue weighted by atomic mass is 9.87. The van der Waals surface area contributed by atoms with E-state index in [1.165, 1.54) is 28.4 Å². The summed E-state index contributed by atoms with van der Waals surface area (Å²) < 4.78 is 15.1. The second-order valence-electron chi connectivity index (χ2n) is 7.46. The van der Waals surface area contributed by atoms with E-state index in [0.717, 1.165) is 17.3 Å². The molecule has 0 aliphatic carbocycles. The number of nitrogens with zero attached hydrogens (tertiary/aromatic N) is 3. The molecule has 0 saturated carbocycles. The first kappa shape index (κ1) is 21.1. The third-order valence-electron chi connectivity index (χ3n) is 4.21. The molecule has 3 aromatic rings. The molecule has 0 radical (unpaired) electrons. The summed E-state index contributed by atoms with van der Waals surface area (Å²) in [6.45, 7) is 6.42. The van der Waals surface area contributed by atoms with Crippen LogP contribution in [0.2, 0.25) is 5.02 Å². The van der Waals surface area contributed by atoms with Gasteiger partial charge >= 0.3 is 0 Å². The maximum absolute atomic E-state index is 13.7. The van der Waals surface area contributed by atoms with Crippen molar-refractivity contribution in [1.82, 2.24) is 14.9 Å². The minimum Gasteiger partial charge on any atom is -0.335 e. The summed E-state index contributed by atoms with van der Waals surface area (Å²) in [5, 5.41) is 11.4. The molecule has 9 heteroatoms. The Morgan fingerprint density at radius 2 is 1.90 bits per heavy atom. The molecular weight excluding hydrogens is 413 g/mol. The van der Waals surface area contributed by atoms with E-state index in [1.54, 1.807) is 0 Å². The van der Waals surface area contributed by atoms with Gasteiger partial charge in [-0.05, 0) is 29.2 Å². The average molecular weight is 434 g/mol. The standard InChI is InChI=1S/C20H21ClFN5OS/c1-20(2,3)13-6-4-12(5-7-13)18-25-26-19(27(18)23)29-11-17(28)24-16-10-14(21)8-9-15(16)22/h4-10H,11,23H2,1-3H3,(H,24,28). The van der Waals surface area contributed by atoms with Gasteiger partial charge in [-0.25, -0.2) is 9.07 Å². The number of halogens is 2. The Labute approximate surface area is 177 Å². The van der Waals surface area contributed by atoms with E-state index in [2.05, 4.69) is 36.3 Å². The zero-order valence-electron chi connectivity index (χ0n) is 16.2. The SMILES string of the molecule is CC(C)(C)c1ccc(-c2nnc(SCC(=O)Nc3cc(Cl)ccc3F)n2N)cc1. The number of benzene rings is 2. The first-order valence-corrected chi connectivity index (χ1v) is 10.2. The molecule has 3 rings (SSSR count). The van der Waals surface area contributed by atoms with Crippen molar-refractivity contribution in [2.24, 2.45) is 0 Å². The van der Waals surface area contributed by atoms with E-state index in [9.17, 15) is 9.18 Å². The topological polar surface area (TPSA) is 85.8 Å². The fraction of sp³-hybridized carbons (Fsp3) is 0.250. The normalized spacial score (nSPS) is 11.5. The van der Waals surface area contributed by atoms with Crippen molar-refractivity contribution in [1.29, 1.82) is 0 Å². The van der Waals surface area contributed by atoms with Gasteiger partial charge in [-0.1, -0.05) is 68.4 Å². The molecule has 0 spiro atoms. The van der Waals surface area contributed by atoms with Crippen LogP contribution in [0.1, 0.15) is 26.3 Å². The van der Waals surface area contributed by atoms with Gasteiger partial charge in [-0.3, -0.25) is 4.79 Å². The first-order chi connectivity index (χ1) is 13.6. The quantitative estimate of drug-likeness (QED) is 0.457. The molecule has 0 bridgehead atoms. The Morgan fingerprint density at radius 1 is 1.21 bits per heavy atom. The smallest absolute Gasteiger partial charge is 0.234 e. The Balaban J connectivity index is 1.67. The molecule has 29 heavy (non-hydrogen) atoms. The molecule has 1 amide bonds. The van der Waals surface area contributed by atoms with Crippen molar-refractivity contribution in [3.8, 4) is 11.4 Å². The van der Waals surface area contributed by atoms with Crippen LogP contribution in [0.25, 0.3) is 11.4 Å². The summed E-state index contributed by atoms with van der Waals surface area (Å²) >= 11 is 6.93. The number of thioether (sulfide) groups is 1. The van der Waals surface area contributed by atoms with E-state index >= 15 is 0 Å². The van der Waals surface area contributed by atoms with E-state index in [1.807, 2.05) is 24.3 Å². The highest BCUT2D eigenvalue weighted by Crippen LogP contribution is 2.27. The van der Waals surface area contributed by atoms with Gasteiger partial charge in [-0.15, -0.1) is 10.2 Å². The van der Waals surface area contributed by atoms with Gasteiger partial charge in [0.25, 0.3) is 0 Å². The third kappa shape index (κ3) is 5.07. The van der Waals surface area contributed by atoms with Gasteiger partial charge in [0.15, 0.2) is 5.82 Å². The van der Waals surface area contributed by atoms with E-state index in [-0.39, 0.29) is 16.9 Å². The van der Waals surface area contributed by atoms with Crippen LogP contribution in [0.5, 0.6) is 0 Å². The molecular formula is C20H21ClFN5OS. The fourth-order valence-electron chi connectivity index (χ4n) is 2.60. The molecule has 0 fully saturated rings. The monoisotopic (exact) mass is 433 g/mol. The number of aromatic nitrogens is 3. The summed E-state index contributed by atoms with van der Waals surface area (Å²) in [5.74, 6) is 5.62. The lowest BCUT2D eigenvalue weighted by Crippen LogP contribution is -2.17. The zero-order chi connectivity index (χ0) is 21.2. The number of nitrogen functional groups attached to an aromatic ring is 1. The highest BCUT2D eigenvalue weighted by molar-refractivity contribution is 7.99. The zero-order valence-corrected chi connectivity index (χ0v) is 17.8. The van der Waals surface area contributed by atoms with Gasteiger partial charge in [-0.2, -0.15) is 0 Å². The molecule has 0 aliphatic heterocycles. The number of amides is 1. The molecule has 0 unspecified atom stereocenters. The van der Waals surface area contributed by atoms with E-state index in [4.69, 9.17) is 17.4 Å². The Hall–Kier alpha value is -2.58. The molecule has 0 atom stereocenters. The number of carbonyl (C=O) groups is 1. The second kappa shape index (κ2) is 8.42. The maximum Gasteiger partial charge on any atom is 0.234 e. The Bertz CT molecular complexity index is 1030. The summed E-state index contributed by atoms with van der Waals surface area (Å²) in [4.78, 5) is 12.1. The maximum atomic E-state index is 13.7. The Kier molecular flexibility index (Phi) is 6.14. The van der Waals surface area contributed by atoms with Crippen LogP contribution in [0, 0.1) is 5.82 Å². The van der Waals surface area contributed by atoms with Crippen molar-refractivity contribution in [2.75, 3.05) is 16.9 Å². The van der Waals surface area contributed by atoms with E-state index < -0.39 is 11.7 Å². The molecule has 6 nitrogen and oxygen atoms in total. The molecule has 1 aromatic heterocycles. The van der Waals surface area contributed by atoms with Crippen LogP contribution in [-0.2, 0) is 10.2 Å². The van der Waals surface area contributed by atoms with Crippen LogP contribution in [0.15, 0.2) is 47.6 Å². The lowest BCUT2D eigenvalue weighted by Gasteiger charge is -2.19. The minimum atomic E-state index is -0.560. The predicted octanol–water partition coefficient (Wildman–Crippen LogP) is 4.48. The van der Waals surface area contributed by atoms with Gasteiger partial charge in [0, 0.05) is 10.6 Å². The van der Waals surface area contributed by atoms with Crippen molar-refractivity contribution < 1.29 is 9.18 Å². The van der Waals surface area contributed by atoms with E-state index in [0.29, 0.717) is 16.0 Å². The third-order valence-corrected chi connectivity index (χ3v) is 5.39. The van der Waals surface area contributed by atoms with Crippen molar-refractivity contribution >= 4 is 35.0 Å². The van der Waals surface area contributed by atoms with Gasteiger partial charge in [0.2, 0.25) is 11.1 Å². The Morgan fingerprint density at radius 3 is 2.55 bits per heavy atom. The summed E-state index contributed by atoms with van der Waals surface area (Å²) in [7, 11) is 0. The largest absolute Gasteiger partial charge is 0.335 e. The number of hydrogen-bond donors (Lipinski definition) is 2. The lowest BCUT2D eigenvalue weighted by molar-refractivity contribution is -0.113. The second-order valence-corrected chi connectivity index (χ2v) is 8.84. The predicted molar refractivity (Wildman–Crippen MR) is 115 cm³/mol. The van der Waals surface area contributed by atoms with Gasteiger partial charge in [0.1, 0.15) is 5.82 Å². The summed E-state index contributed by atoms with van der Waals surface area (Å²) in [5.41, 5.74) is 2.09. The number of anilines is 1. The molecule has 152 valence electrons. The highest BCUT2D eigenvalue weighted by Gasteiger charge is 2.17. The number of nitrogens with two attached hydrogens (primary N) is 1. The van der Waals surface area contributed by atoms with Crippen molar-refractivity contribution in [2.45, 2.75) is 31.3 Å². The molecule has 0 saturated heterocycles. The highest BCUT2D eigenvalue weighted by atomic mass is 35.5. The molecule has 1 heterocycles. The minimum absolute atomic E-state index is 0.00967. The van der Waals surface area contributed by atoms with Crippen molar-refractivity contribution in [3.63, 3.8) is 0 Å². The molecule has 2 aromatic carbocycles. The average Bonchev–Trinajstić information content (AvgIpc) is 3.03. The number of carbonyl (C=O) groups excluding carboxylic acids is 1. The number of nitrogens with one attached hydrogen (secondary N) is 1. The van der Waals surface area contributed by atoms with Crippen LogP contribution in [0.3, 0.4) is 0 Å². The summed E-state index contributed by atoms with van der Waals surface area (Å²) in [6.07, 6.45) is 0. The fourth-order valence-corrected chi connectivity index (χ4v) is 3.43. The molecule has 3 N–H and O–H groups in total. The molecule has 0 aliphatic rings. The van der Waals surface area contributed by atoms with Crippen LogP contribution >= 0.6 is 23.4 Å². The summed E-state index contributed by atoms with van der Waals surface area (Å²) in [6, 6.07) is 11.9. The first-order valence-electron chi connectivity index (χ1n) is 8.84.